The van der Waals surface area contributed by atoms with Crippen LogP contribution in [0.5, 0.6) is 0 Å². The van der Waals surface area contributed by atoms with Crippen LogP contribution in [0.3, 0.4) is 0 Å². The van der Waals surface area contributed by atoms with Crippen LogP contribution in [0.1, 0.15) is 38.7 Å². The van der Waals surface area contributed by atoms with Gasteiger partial charge in [0.15, 0.2) is 5.96 Å². The van der Waals surface area contributed by atoms with E-state index in [0.717, 1.165) is 70.2 Å². The van der Waals surface area contributed by atoms with Gasteiger partial charge in [0.1, 0.15) is 5.82 Å². The van der Waals surface area contributed by atoms with Gasteiger partial charge in [0, 0.05) is 37.6 Å². The topological polar surface area (TPSA) is 36.9 Å². The number of halogens is 1. The third-order valence-electron chi connectivity index (χ3n) is 5.30. The molecule has 0 amide bonds. The van der Waals surface area contributed by atoms with Crippen LogP contribution < -0.4 is 5.32 Å². The third kappa shape index (κ3) is 4.51. The standard InChI is InChI=1S/C20H30FN3O/c1-3-22-19(24-11-8-16(13-24)14-25-4-2)23-15-20(9-10-20)17-6-5-7-18(21)12-17/h5-7,12,16H,3-4,8-11,13-15H2,1-2H3,(H,22,23). The fraction of sp³-hybridized carbons (Fsp3) is 0.650. The molecule has 1 unspecified atom stereocenters. The zero-order valence-electron chi connectivity index (χ0n) is 15.4. The number of ether oxygens (including phenoxy) is 1. The number of guanidine groups is 1. The van der Waals surface area contributed by atoms with Crippen LogP contribution >= 0.6 is 0 Å². The Labute approximate surface area is 150 Å². The molecule has 138 valence electrons. The molecule has 1 atom stereocenters. The van der Waals surface area contributed by atoms with Crippen LogP contribution in [0.15, 0.2) is 29.3 Å². The highest BCUT2D eigenvalue weighted by Crippen LogP contribution is 2.48. The normalized spacial score (nSPS) is 22.3. The van der Waals surface area contributed by atoms with Gasteiger partial charge in [-0.1, -0.05) is 12.1 Å². The number of likely N-dealkylation sites (tertiary alicyclic amines) is 1. The Morgan fingerprint density at radius 1 is 1.40 bits per heavy atom. The average Bonchev–Trinajstić information content (AvgIpc) is 3.27. The van der Waals surface area contributed by atoms with Crippen molar-refractivity contribution in [2.45, 2.75) is 38.5 Å². The molecule has 1 aliphatic heterocycles. The molecule has 1 aromatic rings. The molecule has 1 saturated heterocycles. The highest BCUT2D eigenvalue weighted by atomic mass is 19.1. The lowest BCUT2D eigenvalue weighted by Crippen LogP contribution is -2.40. The Kier molecular flexibility index (Phi) is 5.94. The molecular weight excluding hydrogens is 317 g/mol. The van der Waals surface area contributed by atoms with Crippen molar-refractivity contribution < 1.29 is 9.13 Å². The molecule has 2 aliphatic rings. The molecule has 2 fully saturated rings. The summed E-state index contributed by atoms with van der Waals surface area (Å²) in [6.45, 7) is 9.36. The van der Waals surface area contributed by atoms with Crippen molar-refractivity contribution in [3.63, 3.8) is 0 Å². The van der Waals surface area contributed by atoms with Crippen LogP contribution in [0.2, 0.25) is 0 Å². The van der Waals surface area contributed by atoms with Crippen LogP contribution in [0.4, 0.5) is 4.39 Å². The van der Waals surface area contributed by atoms with E-state index in [1.165, 1.54) is 6.07 Å². The van der Waals surface area contributed by atoms with Gasteiger partial charge in [0.25, 0.3) is 0 Å². The van der Waals surface area contributed by atoms with Crippen molar-refractivity contribution in [1.82, 2.24) is 10.2 Å². The number of benzene rings is 1. The Morgan fingerprint density at radius 2 is 2.24 bits per heavy atom. The van der Waals surface area contributed by atoms with Crippen LogP contribution in [0.25, 0.3) is 0 Å². The van der Waals surface area contributed by atoms with E-state index in [2.05, 4.69) is 17.1 Å². The maximum atomic E-state index is 13.6. The summed E-state index contributed by atoms with van der Waals surface area (Å²) in [6, 6.07) is 7.02. The second-order valence-corrected chi connectivity index (χ2v) is 7.22. The molecule has 4 nitrogen and oxygen atoms in total. The average molecular weight is 347 g/mol. The SMILES string of the molecule is CCNC(=NCC1(c2cccc(F)c2)CC1)N1CCC(COCC)C1. The lowest BCUT2D eigenvalue weighted by Gasteiger charge is -2.23. The number of hydrogen-bond donors (Lipinski definition) is 1. The first kappa shape index (κ1) is 18.2. The molecule has 1 saturated carbocycles. The summed E-state index contributed by atoms with van der Waals surface area (Å²) in [5, 5.41) is 3.43. The Morgan fingerprint density at radius 3 is 2.92 bits per heavy atom. The van der Waals surface area contributed by atoms with E-state index >= 15 is 0 Å². The first-order chi connectivity index (χ1) is 12.2. The van der Waals surface area contributed by atoms with Crippen molar-refractivity contribution in [2.24, 2.45) is 10.9 Å². The van der Waals surface area contributed by atoms with E-state index in [1.54, 1.807) is 12.1 Å². The molecule has 1 heterocycles. The van der Waals surface area contributed by atoms with E-state index < -0.39 is 0 Å². The molecule has 5 heteroatoms. The lowest BCUT2D eigenvalue weighted by atomic mass is 9.96. The zero-order chi connectivity index (χ0) is 17.7. The smallest absolute Gasteiger partial charge is 0.193 e. The predicted octanol–water partition coefficient (Wildman–Crippen LogP) is 3.18. The third-order valence-corrected chi connectivity index (χ3v) is 5.30. The van der Waals surface area contributed by atoms with Crippen LogP contribution in [-0.4, -0.2) is 50.3 Å². The molecule has 0 aromatic heterocycles. The molecule has 0 radical (unpaired) electrons. The molecule has 1 aliphatic carbocycles. The van der Waals surface area contributed by atoms with E-state index in [1.807, 2.05) is 13.0 Å². The number of rotatable bonds is 7. The fourth-order valence-electron chi connectivity index (χ4n) is 3.60. The monoisotopic (exact) mass is 347 g/mol. The number of aliphatic imine (C=N–C) groups is 1. The number of nitrogens with one attached hydrogen (secondary N) is 1. The van der Waals surface area contributed by atoms with E-state index in [0.29, 0.717) is 5.92 Å². The highest BCUT2D eigenvalue weighted by molar-refractivity contribution is 5.80. The minimum Gasteiger partial charge on any atom is -0.381 e. The van der Waals surface area contributed by atoms with Gasteiger partial charge in [-0.05, 0) is 50.8 Å². The quantitative estimate of drug-likeness (QED) is 0.608. The van der Waals surface area contributed by atoms with E-state index in [-0.39, 0.29) is 11.2 Å². The van der Waals surface area contributed by atoms with Crippen molar-refractivity contribution in [3.8, 4) is 0 Å². The van der Waals surface area contributed by atoms with E-state index in [4.69, 9.17) is 9.73 Å². The Hall–Kier alpha value is -1.62. The second-order valence-electron chi connectivity index (χ2n) is 7.22. The van der Waals surface area contributed by atoms with Gasteiger partial charge in [-0.25, -0.2) is 4.39 Å². The summed E-state index contributed by atoms with van der Waals surface area (Å²) in [4.78, 5) is 7.26. The lowest BCUT2D eigenvalue weighted by molar-refractivity contribution is 0.114. The van der Waals surface area contributed by atoms with Gasteiger partial charge in [0.05, 0.1) is 13.2 Å². The Bertz CT molecular complexity index is 600. The van der Waals surface area contributed by atoms with Gasteiger partial charge < -0.3 is 15.0 Å². The fourth-order valence-corrected chi connectivity index (χ4v) is 3.60. The summed E-state index contributed by atoms with van der Waals surface area (Å²) in [5.74, 6) is 1.42. The number of nitrogens with zero attached hydrogens (tertiary/aromatic N) is 2. The van der Waals surface area contributed by atoms with Crippen molar-refractivity contribution >= 4 is 5.96 Å². The summed E-state index contributed by atoms with van der Waals surface area (Å²) < 4.78 is 19.1. The minimum atomic E-state index is -0.155. The first-order valence-corrected chi connectivity index (χ1v) is 9.54. The first-order valence-electron chi connectivity index (χ1n) is 9.54. The van der Waals surface area contributed by atoms with Crippen molar-refractivity contribution in [1.29, 1.82) is 0 Å². The maximum Gasteiger partial charge on any atom is 0.193 e. The molecule has 0 bridgehead atoms. The van der Waals surface area contributed by atoms with Gasteiger partial charge in [-0.15, -0.1) is 0 Å². The van der Waals surface area contributed by atoms with Gasteiger partial charge in [-0.3, -0.25) is 4.99 Å². The summed E-state index contributed by atoms with van der Waals surface area (Å²) in [6.07, 6.45) is 3.33. The zero-order valence-corrected chi connectivity index (χ0v) is 15.4. The molecule has 1 N–H and O–H groups in total. The van der Waals surface area contributed by atoms with Crippen molar-refractivity contribution in [2.75, 3.05) is 39.4 Å². The largest absolute Gasteiger partial charge is 0.381 e. The minimum absolute atomic E-state index is 0.0349. The van der Waals surface area contributed by atoms with E-state index in [9.17, 15) is 4.39 Å². The maximum absolute atomic E-state index is 13.6. The van der Waals surface area contributed by atoms with Gasteiger partial charge in [-0.2, -0.15) is 0 Å². The molecule has 0 spiro atoms. The molecule has 25 heavy (non-hydrogen) atoms. The van der Waals surface area contributed by atoms with Gasteiger partial charge in [0.2, 0.25) is 0 Å². The second kappa shape index (κ2) is 8.17. The number of hydrogen-bond acceptors (Lipinski definition) is 2. The highest BCUT2D eigenvalue weighted by Gasteiger charge is 2.44. The Balaban J connectivity index is 1.65. The van der Waals surface area contributed by atoms with Crippen molar-refractivity contribution in [3.05, 3.63) is 35.6 Å². The van der Waals surface area contributed by atoms with Crippen LogP contribution in [0, 0.1) is 11.7 Å². The summed E-state index contributed by atoms with van der Waals surface area (Å²) >= 11 is 0. The van der Waals surface area contributed by atoms with Crippen LogP contribution in [-0.2, 0) is 10.2 Å². The molecule has 3 rings (SSSR count). The summed E-state index contributed by atoms with van der Waals surface area (Å²) in [7, 11) is 0. The predicted molar refractivity (Wildman–Crippen MR) is 99.5 cm³/mol. The summed E-state index contributed by atoms with van der Waals surface area (Å²) in [5.41, 5.74) is 1.12. The molecule has 1 aromatic carbocycles. The molecular formula is C20H30FN3O. The van der Waals surface area contributed by atoms with Gasteiger partial charge >= 0.3 is 0 Å².